The van der Waals surface area contributed by atoms with E-state index in [1.807, 2.05) is 24.3 Å². The lowest BCUT2D eigenvalue weighted by Crippen LogP contribution is -2.12. The summed E-state index contributed by atoms with van der Waals surface area (Å²) in [5.74, 6) is -0.135. The molecule has 108 valence electrons. The number of carbonyl (C=O) groups excluding carboxylic acids is 1. The van der Waals surface area contributed by atoms with Crippen LogP contribution in [0.5, 0.6) is 0 Å². The van der Waals surface area contributed by atoms with Crippen LogP contribution in [0.2, 0.25) is 0 Å². The van der Waals surface area contributed by atoms with Gasteiger partial charge in [0.05, 0.1) is 27.1 Å². The molecule has 0 bridgehead atoms. The topological polar surface area (TPSA) is 46.2 Å². The van der Waals surface area contributed by atoms with Crippen molar-refractivity contribution in [1.29, 1.82) is 0 Å². The number of nitrogens with one attached hydrogen (secondary N) is 1. The first-order chi connectivity index (χ1) is 10.2. The summed E-state index contributed by atoms with van der Waals surface area (Å²) in [6.07, 6.45) is 1.73. The number of hydrogen-bond acceptors (Lipinski definition) is 3. The zero-order valence-corrected chi connectivity index (χ0v) is 12.4. The highest BCUT2D eigenvalue weighted by Gasteiger charge is 2.14. The van der Waals surface area contributed by atoms with Crippen LogP contribution in [0, 0.1) is 0 Å². The lowest BCUT2D eigenvalue weighted by atomic mass is 10.2. The zero-order chi connectivity index (χ0) is 15.1. The van der Waals surface area contributed by atoms with Crippen LogP contribution in [0.15, 0.2) is 72.1 Å². The van der Waals surface area contributed by atoms with Crippen molar-refractivity contribution in [3.8, 4) is 0 Å². The maximum absolute atomic E-state index is 12.4. The molecule has 1 N–H and O–H groups in total. The minimum Gasteiger partial charge on any atom is -0.381 e. The maximum atomic E-state index is 12.4. The van der Waals surface area contributed by atoms with Crippen molar-refractivity contribution in [3.63, 3.8) is 0 Å². The van der Waals surface area contributed by atoms with E-state index in [0.717, 1.165) is 5.69 Å². The second kappa shape index (κ2) is 7.55. The van der Waals surface area contributed by atoms with E-state index in [-0.39, 0.29) is 11.5 Å². The smallest absolute Gasteiger partial charge is 0.175 e. The van der Waals surface area contributed by atoms with Gasteiger partial charge in [-0.05, 0) is 12.1 Å². The summed E-state index contributed by atoms with van der Waals surface area (Å²) >= 11 is 0. The van der Waals surface area contributed by atoms with Gasteiger partial charge in [0.1, 0.15) is 0 Å². The van der Waals surface area contributed by atoms with Crippen LogP contribution in [0.3, 0.4) is 0 Å². The largest absolute Gasteiger partial charge is 0.381 e. The Kier molecular flexibility index (Phi) is 5.46. The minimum absolute atomic E-state index is 0.0171. The first-order valence-corrected chi connectivity index (χ1v) is 7.94. The number of hydrogen-bond donors (Lipinski definition) is 1. The molecule has 0 radical (unpaired) electrons. The van der Waals surface area contributed by atoms with E-state index in [1.165, 1.54) is 0 Å². The Morgan fingerprint density at radius 1 is 1.10 bits per heavy atom. The van der Waals surface area contributed by atoms with Crippen LogP contribution in [-0.2, 0) is 10.8 Å². The highest BCUT2D eigenvalue weighted by Crippen LogP contribution is 2.20. The van der Waals surface area contributed by atoms with Crippen LogP contribution in [0.25, 0.3) is 0 Å². The molecule has 0 heterocycles. The van der Waals surface area contributed by atoms with Gasteiger partial charge in [-0.25, -0.2) is 0 Å². The monoisotopic (exact) mass is 299 g/mol. The molecular formula is C17H17NO2S. The van der Waals surface area contributed by atoms with Crippen LogP contribution in [0.1, 0.15) is 10.4 Å². The average molecular weight is 299 g/mol. The molecule has 1 atom stereocenters. The van der Waals surface area contributed by atoms with E-state index in [4.69, 9.17) is 0 Å². The minimum atomic E-state index is -1.38. The second-order valence-electron chi connectivity index (χ2n) is 4.44. The highest BCUT2D eigenvalue weighted by atomic mass is 32.2. The second-order valence-corrected chi connectivity index (χ2v) is 5.86. The van der Waals surface area contributed by atoms with E-state index >= 15 is 0 Å². The quantitative estimate of drug-likeness (QED) is 0.630. The molecule has 2 aromatic rings. The van der Waals surface area contributed by atoms with Crippen LogP contribution >= 0.6 is 0 Å². The van der Waals surface area contributed by atoms with Crippen LogP contribution < -0.4 is 5.32 Å². The molecule has 2 aromatic carbocycles. The molecule has 0 aliphatic heterocycles. The molecule has 0 aromatic heterocycles. The summed E-state index contributed by atoms with van der Waals surface area (Å²) < 4.78 is 12.4. The number of Topliss-reactive ketones (excluding diaryl/α,β-unsaturated/α-hetero) is 1. The van der Waals surface area contributed by atoms with Crippen molar-refractivity contribution in [2.75, 3.05) is 17.6 Å². The van der Waals surface area contributed by atoms with Crippen molar-refractivity contribution in [3.05, 3.63) is 72.8 Å². The Bertz CT molecular complexity index is 653. The van der Waals surface area contributed by atoms with Gasteiger partial charge in [0.2, 0.25) is 0 Å². The van der Waals surface area contributed by atoms with E-state index in [1.54, 1.807) is 36.4 Å². The molecule has 21 heavy (non-hydrogen) atoms. The normalized spacial score (nSPS) is 11.6. The Morgan fingerprint density at radius 2 is 1.76 bits per heavy atom. The van der Waals surface area contributed by atoms with Crippen molar-refractivity contribution < 1.29 is 9.00 Å². The number of anilines is 1. The molecule has 0 amide bonds. The fourth-order valence-corrected chi connectivity index (χ4v) is 3.07. The van der Waals surface area contributed by atoms with E-state index in [2.05, 4.69) is 11.9 Å². The van der Waals surface area contributed by atoms with Crippen molar-refractivity contribution in [2.45, 2.75) is 4.90 Å². The average Bonchev–Trinajstić information content (AvgIpc) is 2.54. The third kappa shape index (κ3) is 4.13. The van der Waals surface area contributed by atoms with Gasteiger partial charge >= 0.3 is 0 Å². The molecule has 0 fully saturated rings. The molecule has 1 unspecified atom stereocenters. The van der Waals surface area contributed by atoms with Crippen molar-refractivity contribution in [2.24, 2.45) is 0 Å². The standard InChI is InChI=1S/C17H17NO2S/c1-2-12-18-15-10-6-7-11-17(15)21(20)13-16(19)14-8-4-3-5-9-14/h2-11,18H,1,12-13H2. The molecule has 0 aliphatic rings. The van der Waals surface area contributed by atoms with Gasteiger partial charge in [0.15, 0.2) is 5.78 Å². The molecule has 3 nitrogen and oxygen atoms in total. The summed E-state index contributed by atoms with van der Waals surface area (Å²) in [7, 11) is -1.38. The SMILES string of the molecule is C=CCNc1ccccc1S(=O)CC(=O)c1ccccc1. The summed E-state index contributed by atoms with van der Waals surface area (Å²) in [5.41, 5.74) is 1.36. The lowest BCUT2D eigenvalue weighted by molar-refractivity contribution is 0.102. The van der Waals surface area contributed by atoms with Gasteiger partial charge in [0, 0.05) is 12.1 Å². The lowest BCUT2D eigenvalue weighted by Gasteiger charge is -2.10. The summed E-state index contributed by atoms with van der Waals surface area (Å²) in [6.45, 7) is 4.23. The fourth-order valence-electron chi connectivity index (χ4n) is 1.90. The highest BCUT2D eigenvalue weighted by molar-refractivity contribution is 7.86. The Morgan fingerprint density at radius 3 is 2.48 bits per heavy atom. The van der Waals surface area contributed by atoms with Gasteiger partial charge in [-0.15, -0.1) is 6.58 Å². The predicted molar refractivity (Wildman–Crippen MR) is 87.2 cm³/mol. The Labute approximate surface area is 127 Å². The van der Waals surface area contributed by atoms with E-state index in [9.17, 15) is 9.00 Å². The Balaban J connectivity index is 2.13. The molecule has 2 rings (SSSR count). The predicted octanol–water partition coefficient (Wildman–Crippen LogP) is 3.28. The number of para-hydroxylation sites is 1. The number of rotatable bonds is 7. The van der Waals surface area contributed by atoms with E-state index < -0.39 is 10.8 Å². The van der Waals surface area contributed by atoms with Gasteiger partial charge in [0.25, 0.3) is 0 Å². The molecule has 0 spiro atoms. The van der Waals surface area contributed by atoms with Crippen molar-refractivity contribution in [1.82, 2.24) is 0 Å². The zero-order valence-electron chi connectivity index (χ0n) is 11.6. The first kappa shape index (κ1) is 15.2. The van der Waals surface area contributed by atoms with Crippen molar-refractivity contribution >= 4 is 22.3 Å². The number of benzene rings is 2. The first-order valence-electron chi connectivity index (χ1n) is 6.63. The summed E-state index contributed by atoms with van der Waals surface area (Å²) in [4.78, 5) is 12.8. The van der Waals surface area contributed by atoms with Gasteiger partial charge in [-0.1, -0.05) is 48.5 Å². The molecule has 4 heteroatoms. The number of carbonyl (C=O) groups is 1. The molecule has 0 saturated carbocycles. The van der Waals surface area contributed by atoms with Gasteiger partial charge in [-0.2, -0.15) is 0 Å². The molecule has 0 aliphatic carbocycles. The van der Waals surface area contributed by atoms with Gasteiger partial charge < -0.3 is 5.32 Å². The maximum Gasteiger partial charge on any atom is 0.175 e. The van der Waals surface area contributed by atoms with Crippen LogP contribution in [0.4, 0.5) is 5.69 Å². The molecular weight excluding hydrogens is 282 g/mol. The molecule has 0 saturated heterocycles. The van der Waals surface area contributed by atoms with E-state index in [0.29, 0.717) is 17.0 Å². The summed E-state index contributed by atoms with van der Waals surface area (Å²) in [5, 5.41) is 3.13. The third-order valence-electron chi connectivity index (χ3n) is 2.93. The third-order valence-corrected chi connectivity index (χ3v) is 4.30. The van der Waals surface area contributed by atoms with Gasteiger partial charge in [-0.3, -0.25) is 9.00 Å². The number of ketones is 1. The van der Waals surface area contributed by atoms with Crippen LogP contribution in [-0.4, -0.2) is 22.3 Å². The summed E-state index contributed by atoms with van der Waals surface area (Å²) in [6, 6.07) is 16.2. The fraction of sp³-hybridized carbons (Fsp3) is 0.118. The Hall–Kier alpha value is -2.20.